The first kappa shape index (κ1) is 17.2. The van der Waals surface area contributed by atoms with Crippen LogP contribution in [0.2, 0.25) is 0 Å². The van der Waals surface area contributed by atoms with E-state index in [1.54, 1.807) is 36.9 Å². The molecule has 0 aliphatic heterocycles. The Labute approximate surface area is 160 Å². The van der Waals surface area contributed by atoms with Crippen LogP contribution in [-0.4, -0.2) is 28.6 Å². The van der Waals surface area contributed by atoms with Crippen LogP contribution in [0.25, 0.3) is 28.2 Å². The largest absolute Gasteiger partial charge is 0.497 e. The molecule has 0 aliphatic rings. The number of benzene rings is 2. The molecular weight excluding hydrogens is 365 g/mol. The number of rotatable bonds is 4. The number of aromatic nitrogens is 3. The highest BCUT2D eigenvalue weighted by Gasteiger charge is 2.13. The van der Waals surface area contributed by atoms with E-state index in [4.69, 9.17) is 21.7 Å². The Morgan fingerprint density at radius 1 is 1.04 bits per heavy atom. The summed E-state index contributed by atoms with van der Waals surface area (Å²) >= 11 is 5.69. The first-order chi connectivity index (χ1) is 13.1. The van der Waals surface area contributed by atoms with Gasteiger partial charge >= 0.3 is 0 Å². The zero-order valence-electron chi connectivity index (χ0n) is 14.7. The highest BCUT2D eigenvalue weighted by Crippen LogP contribution is 2.34. The third-order valence-corrected chi connectivity index (χ3v) is 4.77. The van der Waals surface area contributed by atoms with Crippen LogP contribution in [0.15, 0.2) is 54.9 Å². The van der Waals surface area contributed by atoms with Gasteiger partial charge in [0.2, 0.25) is 5.78 Å². The molecule has 2 heterocycles. The van der Waals surface area contributed by atoms with Crippen LogP contribution in [0.1, 0.15) is 0 Å². The Bertz CT molecular complexity index is 1180. The number of hydrogen-bond donors (Lipinski definition) is 1. The van der Waals surface area contributed by atoms with Gasteiger partial charge in [0, 0.05) is 23.5 Å². The Kier molecular flexibility index (Phi) is 4.37. The lowest BCUT2D eigenvalue weighted by atomic mass is 10.1. The molecule has 4 aromatic rings. The SMILES string of the molecule is COc1ccc(OC)c(-c2cnc3[nH]c(-c4ccc(F)cc4)cn3c2=S)c1. The summed E-state index contributed by atoms with van der Waals surface area (Å²) in [6.45, 7) is 0. The molecule has 0 saturated heterocycles. The quantitative estimate of drug-likeness (QED) is 0.512. The molecule has 0 saturated carbocycles. The van der Waals surface area contributed by atoms with Crippen LogP contribution in [0.3, 0.4) is 0 Å². The summed E-state index contributed by atoms with van der Waals surface area (Å²) in [7, 11) is 3.22. The van der Waals surface area contributed by atoms with Gasteiger partial charge < -0.3 is 14.5 Å². The summed E-state index contributed by atoms with van der Waals surface area (Å²) in [6.07, 6.45) is 3.56. The van der Waals surface area contributed by atoms with Gasteiger partial charge in [-0.05, 0) is 48.0 Å². The first-order valence-electron chi connectivity index (χ1n) is 8.19. The normalized spacial score (nSPS) is 10.9. The number of hydrogen-bond acceptors (Lipinski definition) is 4. The van der Waals surface area contributed by atoms with Crippen molar-refractivity contribution in [3.63, 3.8) is 0 Å². The predicted molar refractivity (Wildman–Crippen MR) is 104 cm³/mol. The minimum atomic E-state index is -0.281. The molecule has 0 fully saturated rings. The van der Waals surface area contributed by atoms with Crippen LogP contribution >= 0.6 is 12.2 Å². The molecule has 136 valence electrons. The predicted octanol–water partition coefficient (Wildman–Crippen LogP) is 4.88. The van der Waals surface area contributed by atoms with E-state index in [1.807, 2.05) is 24.4 Å². The number of fused-ring (bicyclic) bond motifs is 1. The van der Waals surface area contributed by atoms with Crippen LogP contribution in [0.5, 0.6) is 11.5 Å². The maximum Gasteiger partial charge on any atom is 0.212 e. The topological polar surface area (TPSA) is 51.5 Å². The standard InChI is InChI=1S/C20H16FN3O2S/c1-25-14-7-8-18(26-2)15(9-14)16-10-22-20-23-17(11-24(20)19(16)27)12-3-5-13(21)6-4-12/h3-11H,1-2H3,(H,22,23). The second-order valence-electron chi connectivity index (χ2n) is 5.91. The third-order valence-electron chi connectivity index (χ3n) is 4.35. The van der Waals surface area contributed by atoms with Gasteiger partial charge in [-0.1, -0.05) is 12.2 Å². The molecular formula is C20H16FN3O2S. The van der Waals surface area contributed by atoms with Crippen LogP contribution in [0.4, 0.5) is 4.39 Å². The van der Waals surface area contributed by atoms with E-state index < -0.39 is 0 Å². The number of ether oxygens (including phenoxy) is 2. The van der Waals surface area contributed by atoms with Gasteiger partial charge in [0.15, 0.2) is 0 Å². The molecule has 27 heavy (non-hydrogen) atoms. The average Bonchev–Trinajstić information content (AvgIpc) is 3.13. The summed E-state index contributed by atoms with van der Waals surface area (Å²) in [4.78, 5) is 7.69. The Hall–Kier alpha value is -3.19. The van der Waals surface area contributed by atoms with Gasteiger partial charge in [0.25, 0.3) is 0 Å². The molecule has 0 atom stereocenters. The average molecular weight is 381 g/mol. The molecule has 7 heteroatoms. The second kappa shape index (κ2) is 6.85. The summed E-state index contributed by atoms with van der Waals surface area (Å²) in [5, 5.41) is 0. The van der Waals surface area contributed by atoms with Gasteiger partial charge in [0.05, 0.1) is 19.9 Å². The highest BCUT2D eigenvalue weighted by atomic mass is 32.1. The van der Waals surface area contributed by atoms with Gasteiger partial charge in [-0.2, -0.15) is 0 Å². The van der Waals surface area contributed by atoms with Crippen LogP contribution < -0.4 is 9.47 Å². The van der Waals surface area contributed by atoms with E-state index in [2.05, 4.69) is 9.97 Å². The number of nitrogens with zero attached hydrogens (tertiary/aromatic N) is 2. The molecule has 2 aromatic carbocycles. The number of methoxy groups -OCH3 is 2. The van der Waals surface area contributed by atoms with Crippen molar-refractivity contribution in [2.75, 3.05) is 14.2 Å². The lowest BCUT2D eigenvalue weighted by Crippen LogP contribution is -1.95. The van der Waals surface area contributed by atoms with Gasteiger partial charge in [-0.25, -0.2) is 9.37 Å². The van der Waals surface area contributed by atoms with Crippen molar-refractivity contribution in [3.05, 3.63) is 65.3 Å². The van der Waals surface area contributed by atoms with Crippen LogP contribution in [0, 0.1) is 10.5 Å². The Morgan fingerprint density at radius 2 is 1.81 bits per heavy atom. The van der Waals surface area contributed by atoms with Crippen molar-refractivity contribution in [2.24, 2.45) is 0 Å². The minimum absolute atomic E-state index is 0.281. The molecule has 0 amide bonds. The van der Waals surface area contributed by atoms with Crippen molar-refractivity contribution < 1.29 is 13.9 Å². The highest BCUT2D eigenvalue weighted by molar-refractivity contribution is 7.71. The summed E-state index contributed by atoms with van der Waals surface area (Å²) in [5.74, 6) is 1.70. The third kappa shape index (κ3) is 3.06. The number of nitrogens with one attached hydrogen (secondary N) is 1. The molecule has 0 spiro atoms. The fourth-order valence-electron chi connectivity index (χ4n) is 2.95. The minimum Gasteiger partial charge on any atom is -0.497 e. The monoisotopic (exact) mass is 381 g/mol. The van der Waals surface area contributed by atoms with Gasteiger partial charge in [-0.3, -0.25) is 4.40 Å². The Balaban J connectivity index is 1.88. The maximum atomic E-state index is 13.2. The second-order valence-corrected chi connectivity index (χ2v) is 6.30. The molecule has 0 bridgehead atoms. The van der Waals surface area contributed by atoms with Crippen molar-refractivity contribution >= 4 is 18.0 Å². The summed E-state index contributed by atoms with van der Waals surface area (Å²) < 4.78 is 26.3. The molecule has 1 N–H and O–H groups in total. The van der Waals surface area contributed by atoms with E-state index in [-0.39, 0.29) is 5.82 Å². The fourth-order valence-corrected chi connectivity index (χ4v) is 3.25. The van der Waals surface area contributed by atoms with E-state index in [1.165, 1.54) is 12.1 Å². The van der Waals surface area contributed by atoms with E-state index in [0.717, 1.165) is 22.4 Å². The number of halogens is 1. The Morgan fingerprint density at radius 3 is 2.52 bits per heavy atom. The van der Waals surface area contributed by atoms with Crippen molar-refractivity contribution in [2.45, 2.75) is 0 Å². The van der Waals surface area contributed by atoms with Gasteiger partial charge in [0.1, 0.15) is 22.0 Å². The van der Waals surface area contributed by atoms with E-state index in [9.17, 15) is 4.39 Å². The lowest BCUT2D eigenvalue weighted by molar-refractivity contribution is 0.404. The number of imidazole rings is 1. The molecule has 5 nitrogen and oxygen atoms in total. The van der Waals surface area contributed by atoms with E-state index >= 15 is 0 Å². The molecule has 4 rings (SSSR count). The summed E-state index contributed by atoms with van der Waals surface area (Å²) in [5.41, 5.74) is 3.19. The van der Waals surface area contributed by atoms with Crippen molar-refractivity contribution in [1.29, 1.82) is 0 Å². The lowest BCUT2D eigenvalue weighted by Gasteiger charge is -2.11. The number of aromatic amines is 1. The zero-order chi connectivity index (χ0) is 19.0. The number of H-pyrrole nitrogens is 1. The fraction of sp³-hybridized carbons (Fsp3) is 0.100. The van der Waals surface area contributed by atoms with Crippen LogP contribution in [-0.2, 0) is 0 Å². The van der Waals surface area contributed by atoms with Crippen molar-refractivity contribution in [3.8, 4) is 33.9 Å². The zero-order valence-corrected chi connectivity index (χ0v) is 15.5. The van der Waals surface area contributed by atoms with E-state index in [0.29, 0.717) is 21.9 Å². The summed E-state index contributed by atoms with van der Waals surface area (Å²) in [6, 6.07) is 11.8. The smallest absolute Gasteiger partial charge is 0.212 e. The molecule has 0 unspecified atom stereocenters. The molecule has 2 aromatic heterocycles. The first-order valence-corrected chi connectivity index (χ1v) is 8.60. The molecule has 0 radical (unpaired) electrons. The van der Waals surface area contributed by atoms with Crippen molar-refractivity contribution in [1.82, 2.24) is 14.4 Å². The van der Waals surface area contributed by atoms with Gasteiger partial charge in [-0.15, -0.1) is 0 Å². The maximum absolute atomic E-state index is 13.2. The molecule has 0 aliphatic carbocycles.